The fourth-order valence-electron chi connectivity index (χ4n) is 3.19. The highest BCUT2D eigenvalue weighted by atomic mass is 19.1. The van der Waals surface area contributed by atoms with Gasteiger partial charge < -0.3 is 25.1 Å². The van der Waals surface area contributed by atoms with Gasteiger partial charge in [0, 0.05) is 42.0 Å². The molecule has 2 aromatic heterocycles. The standard InChI is InChI=1S/C20H17FN5O3/c1-25-11-13(12-5-3-4-6-17(12)25)15-7-8-22-20(23-15)24-16-10-18(26(27)28)14(21)9-19(16)29-2/h3-11,27H,1-2H3,(H,22,23,24)/q-1. The number of nitrogens with one attached hydrogen (secondary N) is 1. The van der Waals surface area contributed by atoms with Crippen molar-refractivity contribution in [2.75, 3.05) is 17.7 Å². The maximum Gasteiger partial charge on any atom is 0.227 e. The first-order valence-electron chi connectivity index (χ1n) is 8.66. The van der Waals surface area contributed by atoms with Crippen molar-refractivity contribution in [3.8, 4) is 17.0 Å². The molecule has 0 aliphatic carbocycles. The summed E-state index contributed by atoms with van der Waals surface area (Å²) in [6.45, 7) is 0. The molecule has 0 atom stereocenters. The first kappa shape index (κ1) is 18.7. The lowest BCUT2D eigenvalue weighted by Crippen LogP contribution is -2.10. The lowest BCUT2D eigenvalue weighted by atomic mass is 10.1. The summed E-state index contributed by atoms with van der Waals surface area (Å²) < 4.78 is 21.1. The van der Waals surface area contributed by atoms with E-state index in [9.17, 15) is 9.60 Å². The average molecular weight is 394 g/mol. The lowest BCUT2D eigenvalue weighted by molar-refractivity contribution is 0.292. The van der Waals surface area contributed by atoms with Crippen LogP contribution in [0.4, 0.5) is 21.7 Å². The van der Waals surface area contributed by atoms with Crippen LogP contribution in [-0.4, -0.2) is 26.9 Å². The average Bonchev–Trinajstić information content (AvgIpc) is 3.06. The molecule has 0 radical (unpaired) electrons. The molecule has 0 unspecified atom stereocenters. The van der Waals surface area contributed by atoms with Gasteiger partial charge in [-0.25, -0.2) is 14.4 Å². The quantitative estimate of drug-likeness (QED) is 0.489. The topological polar surface area (TPSA) is 98.5 Å². The number of ether oxygens (including phenoxy) is 1. The van der Waals surface area contributed by atoms with Crippen LogP contribution in [0.1, 0.15) is 0 Å². The van der Waals surface area contributed by atoms with E-state index < -0.39 is 16.7 Å². The van der Waals surface area contributed by atoms with Gasteiger partial charge in [0.15, 0.2) is 5.82 Å². The van der Waals surface area contributed by atoms with Crippen molar-refractivity contribution >= 4 is 28.2 Å². The predicted molar refractivity (Wildman–Crippen MR) is 108 cm³/mol. The van der Waals surface area contributed by atoms with Gasteiger partial charge in [0.2, 0.25) is 5.95 Å². The summed E-state index contributed by atoms with van der Waals surface area (Å²) in [6, 6.07) is 11.9. The number of halogens is 1. The van der Waals surface area contributed by atoms with Crippen LogP contribution in [0.2, 0.25) is 0 Å². The molecule has 4 aromatic rings. The highest BCUT2D eigenvalue weighted by molar-refractivity contribution is 5.95. The first-order valence-corrected chi connectivity index (χ1v) is 8.66. The minimum absolute atomic E-state index is 0.132. The number of hydrogen-bond donors (Lipinski definition) is 2. The Kier molecular flexibility index (Phi) is 4.75. The smallest absolute Gasteiger partial charge is 0.227 e. The molecule has 4 rings (SSSR count). The molecule has 2 aromatic carbocycles. The summed E-state index contributed by atoms with van der Waals surface area (Å²) in [7, 11) is 3.32. The van der Waals surface area contributed by atoms with Gasteiger partial charge >= 0.3 is 0 Å². The van der Waals surface area contributed by atoms with Crippen molar-refractivity contribution in [2.24, 2.45) is 7.05 Å². The van der Waals surface area contributed by atoms with Crippen LogP contribution in [0.25, 0.3) is 22.2 Å². The Hall–Kier alpha value is -3.69. The third kappa shape index (κ3) is 3.44. The van der Waals surface area contributed by atoms with E-state index >= 15 is 0 Å². The fourth-order valence-corrected chi connectivity index (χ4v) is 3.19. The molecular formula is C20H17FN5O3-. The number of rotatable bonds is 5. The zero-order valence-electron chi connectivity index (χ0n) is 15.6. The Bertz CT molecular complexity index is 1190. The molecule has 0 saturated heterocycles. The summed E-state index contributed by atoms with van der Waals surface area (Å²) in [4.78, 5) is 8.72. The Morgan fingerprint density at radius 3 is 2.79 bits per heavy atom. The minimum Gasteiger partial charge on any atom is -0.733 e. The van der Waals surface area contributed by atoms with E-state index in [0.29, 0.717) is 5.69 Å². The third-order valence-corrected chi connectivity index (χ3v) is 4.55. The fraction of sp³-hybridized carbons (Fsp3) is 0.100. The second-order valence-electron chi connectivity index (χ2n) is 6.34. The van der Waals surface area contributed by atoms with Crippen molar-refractivity contribution in [2.45, 2.75) is 0 Å². The second-order valence-corrected chi connectivity index (χ2v) is 6.34. The van der Waals surface area contributed by atoms with Gasteiger partial charge in [-0.3, -0.25) is 5.21 Å². The Labute approximate surface area is 165 Å². The van der Waals surface area contributed by atoms with Crippen LogP contribution in [0.5, 0.6) is 5.75 Å². The summed E-state index contributed by atoms with van der Waals surface area (Å²) in [5.41, 5.74) is 2.36. The second kappa shape index (κ2) is 7.38. The van der Waals surface area contributed by atoms with E-state index in [0.717, 1.165) is 28.6 Å². The molecule has 29 heavy (non-hydrogen) atoms. The zero-order chi connectivity index (χ0) is 20.5. The van der Waals surface area contributed by atoms with Crippen LogP contribution in [0.15, 0.2) is 54.9 Å². The van der Waals surface area contributed by atoms with Gasteiger partial charge in [0.1, 0.15) is 5.75 Å². The van der Waals surface area contributed by atoms with Gasteiger partial charge in [-0.05, 0) is 18.2 Å². The van der Waals surface area contributed by atoms with Gasteiger partial charge in [-0.15, -0.1) is 0 Å². The van der Waals surface area contributed by atoms with E-state index in [-0.39, 0.29) is 17.4 Å². The van der Waals surface area contributed by atoms with Crippen LogP contribution >= 0.6 is 0 Å². The summed E-state index contributed by atoms with van der Waals surface area (Å²) in [5.74, 6) is -0.565. The van der Waals surface area contributed by atoms with Crippen LogP contribution in [0.3, 0.4) is 0 Å². The largest absolute Gasteiger partial charge is 0.733 e. The van der Waals surface area contributed by atoms with Crippen LogP contribution in [0, 0.1) is 11.0 Å². The number of aromatic nitrogens is 3. The van der Waals surface area contributed by atoms with Crippen molar-refractivity contribution < 1.29 is 14.3 Å². The number of aryl methyl sites for hydroxylation is 1. The zero-order valence-corrected chi connectivity index (χ0v) is 15.6. The molecule has 0 saturated carbocycles. The van der Waals surface area contributed by atoms with E-state index in [2.05, 4.69) is 15.3 Å². The molecule has 0 amide bonds. The van der Waals surface area contributed by atoms with Crippen molar-refractivity contribution in [1.82, 2.24) is 14.5 Å². The minimum atomic E-state index is -0.921. The van der Waals surface area contributed by atoms with E-state index in [1.165, 1.54) is 7.11 Å². The van der Waals surface area contributed by atoms with E-state index in [1.807, 2.05) is 42.1 Å². The van der Waals surface area contributed by atoms with Gasteiger partial charge in [0.25, 0.3) is 0 Å². The van der Waals surface area contributed by atoms with Crippen LogP contribution < -0.4 is 15.3 Å². The molecule has 2 N–H and O–H groups in total. The molecule has 0 bridgehead atoms. The number of benzene rings is 2. The number of fused-ring (bicyclic) bond motifs is 1. The lowest BCUT2D eigenvalue weighted by Gasteiger charge is -2.23. The number of methoxy groups -OCH3 is 1. The van der Waals surface area contributed by atoms with Crippen molar-refractivity contribution in [1.29, 1.82) is 0 Å². The monoisotopic (exact) mass is 394 g/mol. The number of para-hydroxylation sites is 1. The number of hydrogen-bond acceptors (Lipinski definition) is 7. The summed E-state index contributed by atoms with van der Waals surface area (Å²) in [5, 5.41) is 23.7. The molecule has 148 valence electrons. The number of nitrogens with zero attached hydrogens (tertiary/aromatic N) is 4. The van der Waals surface area contributed by atoms with Crippen LogP contribution in [-0.2, 0) is 7.05 Å². The highest BCUT2D eigenvalue weighted by Gasteiger charge is 2.14. The van der Waals surface area contributed by atoms with Gasteiger partial charge in [0.05, 0.1) is 24.2 Å². The molecule has 0 aliphatic heterocycles. The molecular weight excluding hydrogens is 377 g/mol. The van der Waals surface area contributed by atoms with Crippen molar-refractivity contribution in [3.05, 3.63) is 65.9 Å². The summed E-state index contributed by atoms with van der Waals surface area (Å²) in [6.07, 6.45) is 3.57. The number of anilines is 3. The Morgan fingerprint density at radius 1 is 1.24 bits per heavy atom. The Balaban J connectivity index is 1.74. The Morgan fingerprint density at radius 2 is 2.03 bits per heavy atom. The van der Waals surface area contributed by atoms with Gasteiger partial charge in [-0.2, -0.15) is 0 Å². The third-order valence-electron chi connectivity index (χ3n) is 4.55. The van der Waals surface area contributed by atoms with Gasteiger partial charge in [-0.1, -0.05) is 18.2 Å². The molecule has 0 spiro atoms. The maximum atomic E-state index is 13.9. The molecule has 9 heteroatoms. The molecule has 2 heterocycles. The first-order chi connectivity index (χ1) is 14.0. The molecule has 8 nitrogen and oxygen atoms in total. The van der Waals surface area contributed by atoms with Crippen molar-refractivity contribution in [3.63, 3.8) is 0 Å². The predicted octanol–water partition coefficient (Wildman–Crippen LogP) is 4.22. The SMILES string of the molecule is COc1cc(F)c(N([O-])O)cc1Nc1nccc(-c2cn(C)c3ccccc23)n1. The summed E-state index contributed by atoms with van der Waals surface area (Å²) >= 11 is 0. The normalized spacial score (nSPS) is 10.9. The maximum absolute atomic E-state index is 13.9. The molecule has 0 aliphatic rings. The highest BCUT2D eigenvalue weighted by Crippen LogP contribution is 2.34. The van der Waals surface area contributed by atoms with E-state index in [4.69, 9.17) is 9.94 Å². The molecule has 0 fully saturated rings. The van der Waals surface area contributed by atoms with E-state index in [1.54, 1.807) is 12.3 Å².